The van der Waals surface area contributed by atoms with Crippen LogP contribution in [0, 0.1) is 80.3 Å². The summed E-state index contributed by atoms with van der Waals surface area (Å²) in [4.78, 5) is 24.3. The molecule has 6 saturated carbocycles. The van der Waals surface area contributed by atoms with E-state index in [0.717, 1.165) is 94.4 Å². The summed E-state index contributed by atoms with van der Waals surface area (Å²) in [5.74, 6) is 7.44. The lowest BCUT2D eigenvalue weighted by Crippen LogP contribution is -2.53. The molecule has 72 heavy (non-hydrogen) atoms. The first-order valence-corrected chi connectivity index (χ1v) is 29.5. The van der Waals surface area contributed by atoms with Crippen molar-refractivity contribution in [2.75, 3.05) is 26.3 Å². The SMILES string of the molecule is CC1=C2C[C@H]3[C@@H](CCC4=CC(=O)CC[C@@]43C)[C@]2(C)CC[C@@]2(C1)O[C@@H]1C[C@H](C)CN[C@H]1[C@H]2C.CCOCC.C[C@@H]1CN[C@H]2[C@@H](C)[C@@]3(CC[C@H]4[C@@H]5CCC6=CC(=O)CC[C@]6(C)[C@H]5CC45CC53C)O[C@@H]2C1.FB(F)F. The molecule has 9 aliphatic carbocycles. The summed E-state index contributed by atoms with van der Waals surface area (Å²) in [5.41, 5.74) is 8.20. The van der Waals surface area contributed by atoms with E-state index in [9.17, 15) is 22.5 Å². The van der Waals surface area contributed by atoms with Crippen LogP contribution >= 0.6 is 0 Å². The Labute approximate surface area is 433 Å². The number of carbonyl (C=O) groups is 2. The summed E-state index contributed by atoms with van der Waals surface area (Å²) < 4.78 is 48.1. The third-order valence-corrected chi connectivity index (χ3v) is 24.6. The largest absolute Gasteiger partial charge is 0.762 e. The molecule has 0 aromatic carbocycles. The van der Waals surface area contributed by atoms with Gasteiger partial charge in [0, 0.05) is 55.4 Å². The normalized spacial score (nSPS) is 51.0. The Morgan fingerprint density at radius 1 is 0.681 bits per heavy atom. The lowest BCUT2D eigenvalue weighted by Gasteiger charge is -2.50. The molecule has 0 aromatic rings. The first-order chi connectivity index (χ1) is 34.0. The topological polar surface area (TPSA) is 85.9 Å². The average molecular weight is 1000 g/mol. The van der Waals surface area contributed by atoms with Gasteiger partial charge in [-0.15, -0.1) is 0 Å². The van der Waals surface area contributed by atoms with Gasteiger partial charge in [0.05, 0.1) is 23.4 Å². The predicted molar refractivity (Wildman–Crippen MR) is 281 cm³/mol. The highest BCUT2D eigenvalue weighted by Gasteiger charge is 2.84. The molecule has 20 atom stereocenters. The van der Waals surface area contributed by atoms with Gasteiger partial charge >= 0.3 is 7.54 Å². The van der Waals surface area contributed by atoms with Crippen LogP contribution in [-0.2, 0) is 23.8 Å². The van der Waals surface area contributed by atoms with Crippen molar-refractivity contribution < 1.29 is 36.7 Å². The van der Waals surface area contributed by atoms with E-state index in [1.165, 1.54) is 88.2 Å². The van der Waals surface area contributed by atoms with Crippen LogP contribution < -0.4 is 10.6 Å². The van der Waals surface area contributed by atoms with Gasteiger partial charge in [0.2, 0.25) is 0 Å². The fourth-order valence-electron chi connectivity index (χ4n) is 20.8. The van der Waals surface area contributed by atoms with Gasteiger partial charge in [0.15, 0.2) is 11.6 Å². The van der Waals surface area contributed by atoms with Crippen LogP contribution in [0.15, 0.2) is 34.4 Å². The summed E-state index contributed by atoms with van der Waals surface area (Å²) in [5, 5.41) is 7.76. The molecule has 10 fully saturated rings. The Morgan fingerprint density at radius 2 is 1.25 bits per heavy atom. The van der Waals surface area contributed by atoms with E-state index >= 15 is 0 Å². The molecule has 402 valence electrons. The van der Waals surface area contributed by atoms with E-state index in [1.54, 1.807) is 11.1 Å². The number of halogens is 3. The van der Waals surface area contributed by atoms with Crippen LogP contribution in [0.5, 0.6) is 0 Å². The van der Waals surface area contributed by atoms with E-state index in [-0.39, 0.29) is 22.0 Å². The molecular formula is C61H94BF3N2O5. The van der Waals surface area contributed by atoms with Gasteiger partial charge in [-0.25, -0.2) is 0 Å². The first kappa shape index (κ1) is 53.6. The number of piperidine rings is 2. The van der Waals surface area contributed by atoms with Crippen LogP contribution in [0.4, 0.5) is 12.9 Å². The zero-order valence-electron chi connectivity index (χ0n) is 46.5. The maximum atomic E-state index is 12.2. The van der Waals surface area contributed by atoms with Gasteiger partial charge in [-0.2, -0.15) is 0 Å². The lowest BCUT2D eigenvalue weighted by molar-refractivity contribution is -0.147. The Hall–Kier alpha value is -1.79. The van der Waals surface area contributed by atoms with Crippen molar-refractivity contribution in [1.82, 2.24) is 10.6 Å². The zero-order chi connectivity index (χ0) is 51.6. The second-order valence-corrected chi connectivity index (χ2v) is 27.7. The van der Waals surface area contributed by atoms with Crippen LogP contribution in [0.25, 0.3) is 0 Å². The highest BCUT2D eigenvalue weighted by molar-refractivity contribution is 6.33. The maximum absolute atomic E-state index is 12.2. The third-order valence-electron chi connectivity index (χ3n) is 24.6. The minimum Gasteiger partial charge on any atom is -0.382 e. The van der Waals surface area contributed by atoms with Crippen molar-refractivity contribution in [3.05, 3.63) is 34.4 Å². The molecule has 2 unspecified atom stereocenters. The minimum atomic E-state index is -3.67. The summed E-state index contributed by atoms with van der Waals surface area (Å²) >= 11 is 0. The van der Waals surface area contributed by atoms with Crippen molar-refractivity contribution in [2.45, 2.75) is 227 Å². The zero-order valence-corrected chi connectivity index (χ0v) is 46.5. The number of hydrogen-bond donors (Lipinski definition) is 2. The van der Waals surface area contributed by atoms with Gasteiger partial charge in [0.1, 0.15) is 0 Å². The molecule has 4 aliphatic heterocycles. The second-order valence-electron chi connectivity index (χ2n) is 27.7. The van der Waals surface area contributed by atoms with E-state index < -0.39 is 7.54 Å². The van der Waals surface area contributed by atoms with Crippen molar-refractivity contribution >= 4 is 19.1 Å². The molecule has 0 bridgehead atoms. The summed E-state index contributed by atoms with van der Waals surface area (Å²) in [6.45, 7) is 30.4. The molecule has 0 aromatic heterocycles. The van der Waals surface area contributed by atoms with Crippen molar-refractivity contribution in [3.63, 3.8) is 0 Å². The number of ether oxygens (including phenoxy) is 3. The van der Waals surface area contributed by atoms with Gasteiger partial charge < -0.3 is 24.8 Å². The Bertz CT molecular complexity index is 2200. The number of allylic oxidation sites excluding steroid dienone is 5. The van der Waals surface area contributed by atoms with Gasteiger partial charge in [-0.1, -0.05) is 77.7 Å². The Morgan fingerprint density at radius 3 is 1.85 bits per heavy atom. The number of ketones is 2. The Kier molecular flexibility index (Phi) is 14.4. The van der Waals surface area contributed by atoms with Gasteiger partial charge in [0.25, 0.3) is 0 Å². The second kappa shape index (κ2) is 19.3. The molecule has 4 saturated heterocycles. The fraction of sp³-hybridized carbons (Fsp3) is 0.869. The van der Waals surface area contributed by atoms with Crippen LogP contribution in [0.2, 0.25) is 0 Å². The molecule has 13 rings (SSSR count). The predicted octanol–water partition coefficient (Wildman–Crippen LogP) is 13.2. The standard InChI is InChI=1S/C29H43NO2.C28H41NO2.C4H10O.BF3/c1-17-12-25-26(30-16-17)19(3)29(32-25)11-10-28(5)22-7-6-20-13-21(31)8-9-27(20,4)24(22)14-23(28)18(2)15-29;1-16-11-23-24(29-14-16)17(2)28(31-23)10-8-21-20-6-5-18-12-19(30)7-9-25(18,3)22(20)13-27(21)15-26(27,28)4;1-3-5-4-2;2-1(3)4/h13,17,19,22,24-26,30H,6-12,14-16H2,1-5H3;12,16-17,20-24,29H,5-11,13-15H2,1-4H3;3-4H2,1-2H3;/t17-,19+,22+,24-,25+,26-,27-,28-,29-;16-,17+,20-,21-,22-,23+,24-,25-,26?,27?,28+;;/m00../s1. The highest BCUT2D eigenvalue weighted by Crippen LogP contribution is 2.87. The number of carbonyl (C=O) groups excluding carboxylic acids is 2. The van der Waals surface area contributed by atoms with E-state index in [1.807, 2.05) is 19.9 Å². The van der Waals surface area contributed by atoms with Crippen LogP contribution in [-0.4, -0.2) is 80.9 Å². The van der Waals surface area contributed by atoms with Crippen molar-refractivity contribution in [2.24, 2.45) is 80.3 Å². The fourth-order valence-corrected chi connectivity index (χ4v) is 20.8. The monoisotopic (exact) mass is 1000 g/mol. The quantitative estimate of drug-likeness (QED) is 0.211. The van der Waals surface area contributed by atoms with Crippen LogP contribution in [0.3, 0.4) is 0 Å². The number of nitrogens with one attached hydrogen (secondary N) is 2. The van der Waals surface area contributed by atoms with E-state index in [0.29, 0.717) is 75.8 Å². The third kappa shape index (κ3) is 8.26. The Balaban J connectivity index is 0.000000142. The minimum absolute atomic E-state index is 0.0210. The number of fused-ring (bicyclic) bond motifs is 12. The van der Waals surface area contributed by atoms with E-state index in [2.05, 4.69) is 79.0 Å². The average Bonchev–Trinajstić information content (AvgIpc) is 3.51. The summed E-state index contributed by atoms with van der Waals surface area (Å²) in [7, 11) is -3.67. The molecule has 0 amide bonds. The summed E-state index contributed by atoms with van der Waals surface area (Å²) in [6, 6.07) is 1.09. The highest BCUT2D eigenvalue weighted by atomic mass is 19.4. The van der Waals surface area contributed by atoms with Gasteiger partial charge in [-0.3, -0.25) is 22.5 Å². The smallest absolute Gasteiger partial charge is 0.382 e. The lowest BCUT2D eigenvalue weighted by atomic mass is 9.54. The molecule has 0 radical (unpaired) electrons. The van der Waals surface area contributed by atoms with E-state index in [4.69, 9.17) is 14.2 Å². The molecule has 4 heterocycles. The molecule has 13 aliphatic rings. The summed E-state index contributed by atoms with van der Waals surface area (Å²) in [6.07, 6.45) is 26.3. The maximum Gasteiger partial charge on any atom is 0.762 e. The molecule has 11 heteroatoms. The first-order valence-electron chi connectivity index (χ1n) is 29.5. The number of hydrogen-bond acceptors (Lipinski definition) is 7. The van der Waals surface area contributed by atoms with Gasteiger partial charge in [-0.05, 0) is 212 Å². The molecule has 2 N–H and O–H groups in total. The van der Waals surface area contributed by atoms with Crippen molar-refractivity contribution in [1.29, 1.82) is 0 Å². The van der Waals surface area contributed by atoms with Crippen molar-refractivity contribution in [3.8, 4) is 0 Å². The molecular weight excluding hydrogens is 908 g/mol. The van der Waals surface area contributed by atoms with Crippen LogP contribution in [0.1, 0.15) is 192 Å². The molecule has 3 spiro atoms. The number of rotatable bonds is 2. The molecule has 7 nitrogen and oxygen atoms in total.